The van der Waals surface area contributed by atoms with Crippen LogP contribution in [-0.4, -0.2) is 35.8 Å². The van der Waals surface area contributed by atoms with Gasteiger partial charge in [0.05, 0.1) is 0 Å². The Balaban J connectivity index is 1.41. The maximum absolute atomic E-state index is 12.0. The summed E-state index contributed by atoms with van der Waals surface area (Å²) in [6, 6.07) is 5.28. The van der Waals surface area contributed by atoms with Crippen molar-refractivity contribution in [1.82, 2.24) is 15.5 Å². The zero-order chi connectivity index (χ0) is 15.2. The molecule has 0 spiro atoms. The summed E-state index contributed by atoms with van der Waals surface area (Å²) in [7, 11) is 0. The Hall–Kier alpha value is -2.21. The van der Waals surface area contributed by atoms with E-state index < -0.39 is 0 Å². The molecule has 0 bridgehead atoms. The van der Waals surface area contributed by atoms with E-state index in [4.69, 9.17) is 9.26 Å². The van der Waals surface area contributed by atoms with Crippen molar-refractivity contribution in [3.63, 3.8) is 0 Å². The van der Waals surface area contributed by atoms with E-state index in [0.29, 0.717) is 18.9 Å². The van der Waals surface area contributed by atoms with Crippen molar-refractivity contribution in [1.29, 1.82) is 0 Å². The number of nitrogens with zero attached hydrogens (tertiary/aromatic N) is 2. The quantitative estimate of drug-likeness (QED) is 0.757. The molecule has 1 saturated carbocycles. The SMILES string of the molecule is O=C(NCCCOCC1CC1)c1cc(-c2cccnc2)on1. The van der Waals surface area contributed by atoms with Gasteiger partial charge in [-0.1, -0.05) is 5.16 Å². The second-order valence-corrected chi connectivity index (χ2v) is 5.45. The van der Waals surface area contributed by atoms with E-state index in [2.05, 4.69) is 15.5 Å². The molecule has 3 rings (SSSR count). The minimum Gasteiger partial charge on any atom is -0.381 e. The van der Waals surface area contributed by atoms with Crippen molar-refractivity contribution >= 4 is 5.91 Å². The van der Waals surface area contributed by atoms with Crippen LogP contribution in [0.25, 0.3) is 11.3 Å². The van der Waals surface area contributed by atoms with Gasteiger partial charge < -0.3 is 14.6 Å². The molecule has 1 amide bonds. The molecular formula is C16H19N3O3. The monoisotopic (exact) mass is 301 g/mol. The summed E-state index contributed by atoms with van der Waals surface area (Å²) in [5.74, 6) is 1.07. The fraction of sp³-hybridized carbons (Fsp3) is 0.438. The Morgan fingerprint density at radius 1 is 1.45 bits per heavy atom. The molecule has 1 aliphatic rings. The summed E-state index contributed by atoms with van der Waals surface area (Å²) in [5.41, 5.74) is 1.07. The van der Waals surface area contributed by atoms with Gasteiger partial charge in [-0.2, -0.15) is 0 Å². The normalized spacial score (nSPS) is 14.0. The van der Waals surface area contributed by atoms with Crippen LogP contribution >= 0.6 is 0 Å². The van der Waals surface area contributed by atoms with Gasteiger partial charge in [-0.05, 0) is 37.3 Å². The van der Waals surface area contributed by atoms with Crippen LogP contribution in [0.15, 0.2) is 35.1 Å². The van der Waals surface area contributed by atoms with Gasteiger partial charge in [-0.15, -0.1) is 0 Å². The van der Waals surface area contributed by atoms with E-state index in [1.54, 1.807) is 24.5 Å². The first-order chi connectivity index (χ1) is 10.8. The highest BCUT2D eigenvalue weighted by molar-refractivity contribution is 5.93. The van der Waals surface area contributed by atoms with Crippen LogP contribution < -0.4 is 5.32 Å². The van der Waals surface area contributed by atoms with Gasteiger partial charge in [0, 0.05) is 43.8 Å². The number of carbonyl (C=O) groups excluding carboxylic acids is 1. The van der Waals surface area contributed by atoms with E-state index in [-0.39, 0.29) is 11.6 Å². The first-order valence-electron chi connectivity index (χ1n) is 7.56. The van der Waals surface area contributed by atoms with Crippen molar-refractivity contribution in [3.8, 4) is 11.3 Å². The largest absolute Gasteiger partial charge is 0.381 e. The molecule has 2 aromatic rings. The number of ether oxygens (including phenoxy) is 1. The van der Waals surface area contributed by atoms with Crippen molar-refractivity contribution < 1.29 is 14.1 Å². The van der Waals surface area contributed by atoms with Crippen molar-refractivity contribution in [2.75, 3.05) is 19.8 Å². The molecule has 116 valence electrons. The average Bonchev–Trinajstić information content (AvgIpc) is 3.24. The van der Waals surface area contributed by atoms with Gasteiger partial charge in [0.15, 0.2) is 11.5 Å². The predicted molar refractivity (Wildman–Crippen MR) is 80.2 cm³/mol. The van der Waals surface area contributed by atoms with E-state index in [9.17, 15) is 4.79 Å². The van der Waals surface area contributed by atoms with E-state index in [1.165, 1.54) is 12.8 Å². The van der Waals surface area contributed by atoms with Crippen LogP contribution in [0.1, 0.15) is 29.8 Å². The van der Waals surface area contributed by atoms with Gasteiger partial charge in [0.25, 0.3) is 5.91 Å². The lowest BCUT2D eigenvalue weighted by molar-refractivity contribution is 0.0929. The topological polar surface area (TPSA) is 77.2 Å². The second-order valence-electron chi connectivity index (χ2n) is 5.45. The van der Waals surface area contributed by atoms with Crippen LogP contribution in [0.4, 0.5) is 0 Å². The molecule has 22 heavy (non-hydrogen) atoms. The third kappa shape index (κ3) is 4.14. The molecule has 0 saturated heterocycles. The zero-order valence-corrected chi connectivity index (χ0v) is 12.3. The highest BCUT2D eigenvalue weighted by Gasteiger charge is 2.20. The minimum atomic E-state index is -0.235. The van der Waals surface area contributed by atoms with Crippen LogP contribution in [-0.2, 0) is 4.74 Å². The third-order valence-electron chi connectivity index (χ3n) is 3.49. The number of carbonyl (C=O) groups is 1. The molecule has 1 fully saturated rings. The first-order valence-corrected chi connectivity index (χ1v) is 7.56. The molecule has 2 heterocycles. The number of nitrogens with one attached hydrogen (secondary N) is 1. The van der Waals surface area contributed by atoms with E-state index in [1.807, 2.05) is 6.07 Å². The summed E-state index contributed by atoms with van der Waals surface area (Å²) in [6.45, 7) is 2.10. The summed E-state index contributed by atoms with van der Waals surface area (Å²) in [5, 5.41) is 6.60. The molecule has 1 aliphatic carbocycles. The molecule has 1 N–H and O–H groups in total. The molecule has 0 aliphatic heterocycles. The number of hydrogen-bond donors (Lipinski definition) is 1. The van der Waals surface area contributed by atoms with Crippen LogP contribution in [0.3, 0.4) is 0 Å². The minimum absolute atomic E-state index is 0.235. The lowest BCUT2D eigenvalue weighted by Gasteiger charge is -2.04. The Labute approximate surface area is 128 Å². The van der Waals surface area contributed by atoms with E-state index >= 15 is 0 Å². The summed E-state index contributed by atoms with van der Waals surface area (Å²) >= 11 is 0. The van der Waals surface area contributed by atoms with Gasteiger partial charge in [-0.25, -0.2) is 0 Å². The lowest BCUT2D eigenvalue weighted by atomic mass is 10.2. The van der Waals surface area contributed by atoms with Crippen LogP contribution in [0.5, 0.6) is 0 Å². The molecule has 0 radical (unpaired) electrons. The summed E-state index contributed by atoms with van der Waals surface area (Å²) in [6.07, 6.45) is 6.73. The highest BCUT2D eigenvalue weighted by Crippen LogP contribution is 2.28. The number of hydrogen-bond acceptors (Lipinski definition) is 5. The number of rotatable bonds is 8. The summed E-state index contributed by atoms with van der Waals surface area (Å²) < 4.78 is 10.7. The third-order valence-corrected chi connectivity index (χ3v) is 3.49. The lowest BCUT2D eigenvalue weighted by Crippen LogP contribution is -2.25. The number of pyridine rings is 1. The number of amides is 1. The Morgan fingerprint density at radius 2 is 2.36 bits per heavy atom. The molecule has 0 aromatic carbocycles. The van der Waals surface area contributed by atoms with Crippen LogP contribution in [0.2, 0.25) is 0 Å². The maximum atomic E-state index is 12.0. The molecule has 0 unspecified atom stereocenters. The molecule has 6 nitrogen and oxygen atoms in total. The van der Waals surface area contributed by atoms with Gasteiger partial charge in [0.1, 0.15) is 0 Å². The molecule has 0 atom stereocenters. The van der Waals surface area contributed by atoms with Gasteiger partial charge in [-0.3, -0.25) is 9.78 Å². The van der Waals surface area contributed by atoms with Crippen molar-refractivity contribution in [2.24, 2.45) is 5.92 Å². The molecule has 6 heteroatoms. The molecule has 2 aromatic heterocycles. The Bertz CT molecular complexity index is 608. The average molecular weight is 301 g/mol. The summed E-state index contributed by atoms with van der Waals surface area (Å²) in [4.78, 5) is 16.0. The second kappa shape index (κ2) is 7.17. The molecular weight excluding hydrogens is 282 g/mol. The smallest absolute Gasteiger partial charge is 0.273 e. The number of aromatic nitrogens is 2. The highest BCUT2D eigenvalue weighted by atomic mass is 16.5. The first kappa shape index (κ1) is 14.7. The van der Waals surface area contributed by atoms with Crippen molar-refractivity contribution in [3.05, 3.63) is 36.3 Å². The van der Waals surface area contributed by atoms with Gasteiger partial charge in [0.2, 0.25) is 0 Å². The Kier molecular flexibility index (Phi) is 4.80. The van der Waals surface area contributed by atoms with Crippen LogP contribution in [0, 0.1) is 5.92 Å². The van der Waals surface area contributed by atoms with E-state index in [0.717, 1.165) is 24.5 Å². The fourth-order valence-corrected chi connectivity index (χ4v) is 2.03. The van der Waals surface area contributed by atoms with Crippen molar-refractivity contribution in [2.45, 2.75) is 19.3 Å². The fourth-order valence-electron chi connectivity index (χ4n) is 2.03. The standard InChI is InChI=1S/C16H19N3O3/c20-16(18-7-2-8-21-11-12-4-5-12)14-9-15(22-19-14)13-3-1-6-17-10-13/h1,3,6,9-10,12H,2,4-5,7-8,11H2,(H,18,20). The van der Waals surface area contributed by atoms with Gasteiger partial charge >= 0.3 is 0 Å². The zero-order valence-electron chi connectivity index (χ0n) is 12.3. The Morgan fingerprint density at radius 3 is 3.14 bits per heavy atom. The maximum Gasteiger partial charge on any atom is 0.273 e. The predicted octanol–water partition coefficient (Wildman–Crippen LogP) is 2.28.